The van der Waals surface area contributed by atoms with Crippen LogP contribution < -0.4 is 20.3 Å². The van der Waals surface area contributed by atoms with Crippen molar-refractivity contribution in [3.63, 3.8) is 0 Å². The Morgan fingerprint density at radius 3 is 2.32 bits per heavy atom. The summed E-state index contributed by atoms with van der Waals surface area (Å²) >= 11 is 0. The van der Waals surface area contributed by atoms with Crippen molar-refractivity contribution in [1.82, 2.24) is 5.32 Å². The number of fused-ring (bicyclic) bond motifs is 1. The van der Waals surface area contributed by atoms with Gasteiger partial charge in [-0.1, -0.05) is 36.4 Å². The van der Waals surface area contributed by atoms with Gasteiger partial charge in [0.05, 0.1) is 41.6 Å². The molecule has 0 aromatic heterocycles. The van der Waals surface area contributed by atoms with E-state index in [4.69, 9.17) is 4.74 Å². The molecule has 3 aromatic rings. The first-order valence-corrected chi connectivity index (χ1v) is 13.4. The zero-order valence-electron chi connectivity index (χ0n) is 20.7. The number of amides is 1. The Balaban J connectivity index is 1.75. The number of ether oxygens (including phenoxy) is 1. The number of nitrogens with zero attached hydrogens (tertiary/aromatic N) is 1. The molecule has 3 N–H and O–H groups in total. The first-order valence-electron chi connectivity index (χ1n) is 11.6. The molecular weight excluding hydrogens is 492 g/mol. The predicted octanol–water partition coefficient (Wildman–Crippen LogP) is 3.39. The second kappa shape index (κ2) is 10.9. The maximum absolute atomic E-state index is 13.1. The molecule has 4 rings (SSSR count). The fourth-order valence-corrected chi connectivity index (χ4v) is 5.03. The van der Waals surface area contributed by atoms with E-state index >= 15 is 0 Å². The molecule has 0 atom stereocenters. The molecule has 3 aromatic carbocycles. The Bertz CT molecular complexity index is 1450. The van der Waals surface area contributed by atoms with Crippen LogP contribution in [-0.2, 0) is 19.6 Å². The van der Waals surface area contributed by atoms with E-state index < -0.39 is 16.0 Å². The Morgan fingerprint density at radius 1 is 1.00 bits per heavy atom. The Morgan fingerprint density at radius 2 is 1.70 bits per heavy atom. The summed E-state index contributed by atoms with van der Waals surface area (Å²) in [6.07, 6.45) is 1.18. The van der Waals surface area contributed by atoms with Gasteiger partial charge in [0.1, 0.15) is 0 Å². The zero-order chi connectivity index (χ0) is 26.6. The van der Waals surface area contributed by atoms with E-state index in [2.05, 4.69) is 16.0 Å². The van der Waals surface area contributed by atoms with Crippen molar-refractivity contribution in [2.24, 2.45) is 0 Å². The minimum absolute atomic E-state index is 0.298. The topological polar surface area (TPSA) is 117 Å². The van der Waals surface area contributed by atoms with E-state index in [0.717, 1.165) is 5.56 Å². The first-order chi connectivity index (χ1) is 17.7. The lowest BCUT2D eigenvalue weighted by molar-refractivity contribution is -0.110. The molecule has 1 amide bonds. The number of esters is 1. The number of carbonyl (C=O) groups is 2. The summed E-state index contributed by atoms with van der Waals surface area (Å²) in [4.78, 5) is 25.1. The van der Waals surface area contributed by atoms with Crippen LogP contribution in [0, 0.1) is 0 Å². The molecule has 0 radical (unpaired) electrons. The van der Waals surface area contributed by atoms with Crippen molar-refractivity contribution in [1.29, 1.82) is 0 Å². The van der Waals surface area contributed by atoms with Gasteiger partial charge in [0, 0.05) is 24.3 Å². The monoisotopic (exact) mass is 520 g/mol. The van der Waals surface area contributed by atoms with E-state index in [1.807, 2.05) is 30.3 Å². The van der Waals surface area contributed by atoms with Crippen LogP contribution in [0.25, 0.3) is 11.3 Å². The van der Waals surface area contributed by atoms with Gasteiger partial charge in [0.15, 0.2) is 0 Å². The number of methoxy groups -OCH3 is 1. The summed E-state index contributed by atoms with van der Waals surface area (Å²) in [6.45, 7) is 0.801. The fraction of sp³-hybridized carbons (Fsp3) is 0.185. The molecule has 0 bridgehead atoms. The van der Waals surface area contributed by atoms with E-state index in [1.165, 1.54) is 17.7 Å². The SMILES string of the molecule is CNCCN(c1ccc(N/C(=C2\C(=O)Nc3cc(C(=O)OC)ccc32)c2ccccc2)cc1)S(C)(=O)=O. The first kappa shape index (κ1) is 25.9. The average Bonchev–Trinajstić information content (AvgIpc) is 3.22. The van der Waals surface area contributed by atoms with E-state index in [-0.39, 0.29) is 5.91 Å². The van der Waals surface area contributed by atoms with Crippen LogP contribution in [-0.4, -0.2) is 53.8 Å². The number of carbonyl (C=O) groups excluding carboxylic acids is 2. The largest absolute Gasteiger partial charge is 0.465 e. The van der Waals surface area contributed by atoms with Gasteiger partial charge in [-0.3, -0.25) is 9.10 Å². The van der Waals surface area contributed by atoms with Crippen LogP contribution in [0.2, 0.25) is 0 Å². The lowest BCUT2D eigenvalue weighted by atomic mass is 9.99. The second-order valence-electron chi connectivity index (χ2n) is 8.43. The van der Waals surface area contributed by atoms with Crippen molar-refractivity contribution in [3.05, 3.63) is 89.5 Å². The Labute approximate surface area is 216 Å². The number of hydrogen-bond acceptors (Lipinski definition) is 7. The maximum atomic E-state index is 13.1. The molecule has 0 saturated carbocycles. The number of likely N-dealkylation sites (N-methyl/N-ethyl adjacent to an activating group) is 1. The molecule has 0 fully saturated rings. The summed E-state index contributed by atoms with van der Waals surface area (Å²) in [5, 5.41) is 9.16. The highest BCUT2D eigenvalue weighted by Crippen LogP contribution is 2.38. The summed E-state index contributed by atoms with van der Waals surface area (Å²) in [6, 6.07) is 21.3. The van der Waals surface area contributed by atoms with Crippen molar-refractivity contribution in [3.8, 4) is 0 Å². The van der Waals surface area contributed by atoms with Crippen molar-refractivity contribution >= 4 is 50.2 Å². The molecule has 192 valence electrons. The Kier molecular flexibility index (Phi) is 7.61. The molecule has 1 heterocycles. The highest BCUT2D eigenvalue weighted by Gasteiger charge is 2.29. The molecule has 0 unspecified atom stereocenters. The van der Waals surface area contributed by atoms with Crippen molar-refractivity contribution in [2.45, 2.75) is 0 Å². The summed E-state index contributed by atoms with van der Waals surface area (Å²) < 4.78 is 30.7. The number of nitrogens with one attached hydrogen (secondary N) is 3. The average molecular weight is 521 g/mol. The summed E-state index contributed by atoms with van der Waals surface area (Å²) in [7, 11) is -0.390. The lowest BCUT2D eigenvalue weighted by Gasteiger charge is -2.23. The second-order valence-corrected chi connectivity index (χ2v) is 10.3. The van der Waals surface area contributed by atoms with Crippen LogP contribution >= 0.6 is 0 Å². The van der Waals surface area contributed by atoms with Crippen LogP contribution in [0.5, 0.6) is 0 Å². The number of anilines is 3. The third-order valence-electron chi connectivity index (χ3n) is 5.89. The van der Waals surface area contributed by atoms with Crippen molar-refractivity contribution < 1.29 is 22.7 Å². The number of benzene rings is 3. The minimum Gasteiger partial charge on any atom is -0.465 e. The van der Waals surface area contributed by atoms with E-state index in [1.54, 1.807) is 49.5 Å². The van der Waals surface area contributed by atoms with Crippen molar-refractivity contribution in [2.75, 3.05) is 48.4 Å². The smallest absolute Gasteiger partial charge is 0.337 e. The molecule has 9 nitrogen and oxygen atoms in total. The lowest BCUT2D eigenvalue weighted by Crippen LogP contribution is -2.35. The molecule has 10 heteroatoms. The molecule has 0 saturated heterocycles. The van der Waals surface area contributed by atoms with Crippen LogP contribution in [0.15, 0.2) is 72.8 Å². The highest BCUT2D eigenvalue weighted by molar-refractivity contribution is 7.92. The molecular formula is C27H28N4O5S. The summed E-state index contributed by atoms with van der Waals surface area (Å²) in [5.41, 5.74) is 4.49. The van der Waals surface area contributed by atoms with Gasteiger partial charge in [-0.15, -0.1) is 0 Å². The standard InChI is InChI=1S/C27H28N4O5S/c1-28-15-16-31(37(3,34)35)21-12-10-20(11-13-21)29-25(18-7-5-4-6-8-18)24-22-14-9-19(27(33)36-2)17-23(22)30-26(24)32/h4-14,17,28-29H,15-16H2,1-3H3,(H,30,32)/b25-24-. The third kappa shape index (κ3) is 5.65. The van der Waals surface area contributed by atoms with Gasteiger partial charge < -0.3 is 20.7 Å². The van der Waals surface area contributed by atoms with Gasteiger partial charge in [0.25, 0.3) is 5.91 Å². The van der Waals surface area contributed by atoms with Gasteiger partial charge in [-0.25, -0.2) is 13.2 Å². The van der Waals surface area contributed by atoms with Crippen LogP contribution in [0.3, 0.4) is 0 Å². The predicted molar refractivity (Wildman–Crippen MR) is 146 cm³/mol. The van der Waals surface area contributed by atoms with Gasteiger partial charge in [-0.2, -0.15) is 0 Å². The highest BCUT2D eigenvalue weighted by atomic mass is 32.2. The van der Waals surface area contributed by atoms with Gasteiger partial charge in [-0.05, 0) is 49.0 Å². The number of rotatable bonds is 9. The normalized spacial score (nSPS) is 14.0. The van der Waals surface area contributed by atoms with Gasteiger partial charge in [0.2, 0.25) is 10.0 Å². The number of hydrogen-bond donors (Lipinski definition) is 3. The van der Waals surface area contributed by atoms with E-state index in [9.17, 15) is 18.0 Å². The maximum Gasteiger partial charge on any atom is 0.337 e. The number of sulfonamides is 1. The summed E-state index contributed by atoms with van der Waals surface area (Å²) in [5.74, 6) is -0.802. The van der Waals surface area contributed by atoms with Crippen LogP contribution in [0.1, 0.15) is 21.5 Å². The Hall–Kier alpha value is -4.15. The van der Waals surface area contributed by atoms with E-state index in [0.29, 0.717) is 52.5 Å². The molecule has 37 heavy (non-hydrogen) atoms. The van der Waals surface area contributed by atoms with Crippen LogP contribution in [0.4, 0.5) is 17.1 Å². The molecule has 1 aliphatic heterocycles. The van der Waals surface area contributed by atoms with Gasteiger partial charge >= 0.3 is 5.97 Å². The minimum atomic E-state index is -3.46. The zero-order valence-corrected chi connectivity index (χ0v) is 21.6. The third-order valence-corrected chi connectivity index (χ3v) is 7.08. The quantitative estimate of drug-likeness (QED) is 0.293. The fourth-order valence-electron chi connectivity index (χ4n) is 4.10. The molecule has 1 aliphatic rings. The molecule has 0 spiro atoms. The molecule has 0 aliphatic carbocycles.